The lowest BCUT2D eigenvalue weighted by Crippen LogP contribution is -2.63. The zero-order valence-electron chi connectivity index (χ0n) is 20.0. The molecule has 11 heteroatoms. The Morgan fingerprint density at radius 1 is 1.11 bits per heavy atom. The quantitative estimate of drug-likeness (QED) is 0.547. The van der Waals surface area contributed by atoms with Crippen molar-refractivity contribution in [3.63, 3.8) is 0 Å². The van der Waals surface area contributed by atoms with Crippen LogP contribution in [0.1, 0.15) is 48.9 Å². The Balaban J connectivity index is 1.46. The van der Waals surface area contributed by atoms with Gasteiger partial charge in [0.2, 0.25) is 5.91 Å². The summed E-state index contributed by atoms with van der Waals surface area (Å²) < 4.78 is 24.4. The van der Waals surface area contributed by atoms with E-state index in [1.807, 2.05) is 0 Å². The molecule has 2 amide bonds. The fraction of sp³-hybridized carbons (Fsp3) is 0.440. The predicted molar refractivity (Wildman–Crippen MR) is 136 cm³/mol. The second-order valence-corrected chi connectivity index (χ2v) is 11.8. The number of carbonyl (C=O) groups is 3. The summed E-state index contributed by atoms with van der Waals surface area (Å²) in [6.07, 6.45) is 6.29. The van der Waals surface area contributed by atoms with Gasteiger partial charge in [0.25, 0.3) is 5.91 Å². The van der Waals surface area contributed by atoms with Gasteiger partial charge in [-0.1, -0.05) is 43.0 Å². The Morgan fingerprint density at radius 2 is 1.83 bits per heavy atom. The molecule has 9 nitrogen and oxygen atoms in total. The number of ketones is 1. The van der Waals surface area contributed by atoms with Crippen LogP contribution in [0.25, 0.3) is 0 Å². The summed E-state index contributed by atoms with van der Waals surface area (Å²) in [5.74, 6) is -1.01. The minimum Gasteiger partial charge on any atom is -0.363 e. The van der Waals surface area contributed by atoms with Crippen LogP contribution in [0.2, 0.25) is 5.15 Å². The molecule has 1 atom stereocenters. The highest BCUT2D eigenvalue weighted by atomic mass is 35.5. The topological polar surface area (TPSA) is 126 Å². The molecule has 1 saturated carbocycles. The molecule has 1 aliphatic carbocycles. The molecule has 192 valence electrons. The molecule has 36 heavy (non-hydrogen) atoms. The monoisotopic (exact) mass is 532 g/mol. The van der Waals surface area contributed by atoms with E-state index in [9.17, 15) is 22.8 Å². The van der Waals surface area contributed by atoms with Crippen LogP contribution in [0.3, 0.4) is 0 Å². The van der Waals surface area contributed by atoms with Gasteiger partial charge in [-0.2, -0.15) is 0 Å². The normalized spacial score (nSPS) is 20.0. The Kier molecular flexibility index (Phi) is 7.65. The van der Waals surface area contributed by atoms with Crippen LogP contribution < -0.4 is 15.5 Å². The third-order valence-corrected chi connectivity index (χ3v) is 8.19. The highest BCUT2D eigenvalue weighted by Crippen LogP contribution is 2.30. The molecule has 2 aromatic rings. The molecule has 2 N–H and O–H groups in total. The van der Waals surface area contributed by atoms with Gasteiger partial charge in [-0.25, -0.2) is 13.4 Å². The minimum atomic E-state index is -3.47. The zero-order valence-corrected chi connectivity index (χ0v) is 21.6. The van der Waals surface area contributed by atoms with Gasteiger partial charge in [-0.05, 0) is 43.5 Å². The number of Topliss-reactive ketones (excluding diaryl/α,β-unsaturated/α-hetero) is 1. The smallest absolute Gasteiger partial charge is 0.253 e. The van der Waals surface area contributed by atoms with E-state index in [1.54, 1.807) is 29.2 Å². The highest BCUT2D eigenvalue weighted by Gasteiger charge is 2.43. The van der Waals surface area contributed by atoms with Crippen molar-refractivity contribution >= 4 is 44.7 Å². The van der Waals surface area contributed by atoms with Crippen molar-refractivity contribution in [1.82, 2.24) is 15.6 Å². The van der Waals surface area contributed by atoms with Crippen LogP contribution in [0.5, 0.6) is 0 Å². The van der Waals surface area contributed by atoms with E-state index < -0.39 is 27.3 Å². The molecule has 0 radical (unpaired) electrons. The maximum atomic E-state index is 13.5. The Labute approximate surface area is 215 Å². The first-order valence-electron chi connectivity index (χ1n) is 11.9. The van der Waals surface area contributed by atoms with Gasteiger partial charge in [0.1, 0.15) is 10.7 Å². The number of halogens is 1. The lowest BCUT2D eigenvalue weighted by Gasteiger charge is -2.39. The van der Waals surface area contributed by atoms with Crippen LogP contribution in [-0.4, -0.2) is 61.9 Å². The van der Waals surface area contributed by atoms with Crippen LogP contribution in [0.4, 0.5) is 5.69 Å². The van der Waals surface area contributed by atoms with Gasteiger partial charge in [0.15, 0.2) is 15.6 Å². The number of aromatic nitrogens is 1. The molecule has 2 fully saturated rings. The molecule has 1 aliphatic heterocycles. The number of para-hydroxylation sites is 1. The number of nitrogens with one attached hydrogen (secondary N) is 2. The van der Waals surface area contributed by atoms with E-state index >= 15 is 0 Å². The van der Waals surface area contributed by atoms with Gasteiger partial charge in [-0.3, -0.25) is 14.4 Å². The number of carbonyl (C=O) groups excluding carboxylic acids is 3. The summed E-state index contributed by atoms with van der Waals surface area (Å²) >= 11 is 5.82. The summed E-state index contributed by atoms with van der Waals surface area (Å²) in [6, 6.07) is 8.92. The predicted octanol–water partition coefficient (Wildman–Crippen LogP) is 2.54. The number of sulfone groups is 1. The minimum absolute atomic E-state index is 0.0206. The molecule has 2 heterocycles. The first-order valence-corrected chi connectivity index (χ1v) is 14.2. The second-order valence-electron chi connectivity index (χ2n) is 9.41. The van der Waals surface area contributed by atoms with E-state index in [-0.39, 0.29) is 28.3 Å². The van der Waals surface area contributed by atoms with E-state index in [2.05, 4.69) is 15.6 Å². The molecule has 0 bridgehead atoms. The van der Waals surface area contributed by atoms with Gasteiger partial charge in [0.05, 0.1) is 28.7 Å². The van der Waals surface area contributed by atoms with E-state index in [0.29, 0.717) is 37.1 Å². The van der Waals surface area contributed by atoms with Crippen LogP contribution in [0, 0.1) is 0 Å². The molecular formula is C25H29ClN4O5S. The first kappa shape index (κ1) is 26.1. The number of nitrogens with zero attached hydrogens (tertiary/aromatic N) is 2. The second kappa shape index (κ2) is 10.6. The van der Waals surface area contributed by atoms with Crippen molar-refractivity contribution in [1.29, 1.82) is 0 Å². The van der Waals surface area contributed by atoms with Crippen molar-refractivity contribution in [2.24, 2.45) is 0 Å². The third-order valence-electron chi connectivity index (χ3n) is 6.82. The third kappa shape index (κ3) is 5.70. The van der Waals surface area contributed by atoms with Gasteiger partial charge < -0.3 is 15.5 Å². The van der Waals surface area contributed by atoms with E-state index in [0.717, 1.165) is 25.5 Å². The van der Waals surface area contributed by atoms with Crippen molar-refractivity contribution in [2.75, 3.05) is 24.2 Å². The Hall–Kier alpha value is -2.98. The number of benzene rings is 1. The molecule has 2 aliphatic rings. The van der Waals surface area contributed by atoms with Crippen LogP contribution in [-0.2, 0) is 19.4 Å². The van der Waals surface area contributed by atoms with E-state index in [4.69, 9.17) is 11.6 Å². The maximum Gasteiger partial charge on any atom is 0.253 e. The summed E-state index contributed by atoms with van der Waals surface area (Å²) in [5, 5.41) is 6.05. The van der Waals surface area contributed by atoms with Crippen LogP contribution >= 0.6 is 11.6 Å². The number of amides is 2. The zero-order chi connectivity index (χ0) is 25.9. The van der Waals surface area contributed by atoms with Crippen molar-refractivity contribution in [3.8, 4) is 0 Å². The fourth-order valence-electron chi connectivity index (χ4n) is 4.87. The summed E-state index contributed by atoms with van der Waals surface area (Å²) in [7, 11) is -3.47. The number of hydrogen-bond donors (Lipinski definition) is 2. The first-order chi connectivity index (χ1) is 17.1. The Bertz CT molecular complexity index is 1260. The number of pyridine rings is 1. The number of piperidine rings is 1. The number of anilines is 1. The van der Waals surface area contributed by atoms with Crippen LogP contribution in [0.15, 0.2) is 47.5 Å². The molecule has 1 aromatic heterocycles. The SMILES string of the molecule is CS(=O)(=O)c1ccccc1N1CCC(NC(=O)C2(NC(=O)c3ccc(Cl)nc3)CCCCC2)C(=O)C1. The van der Waals surface area contributed by atoms with Crippen molar-refractivity contribution in [2.45, 2.75) is 55.0 Å². The standard InChI is InChI=1S/C25H29ClN4O5S/c1-36(34,35)21-8-4-3-7-19(21)30-14-11-18(20(31)16-30)28-24(33)25(12-5-2-6-13-25)29-23(32)17-9-10-22(26)27-15-17/h3-4,7-10,15,18H,2,5-6,11-14,16H2,1H3,(H,28,33)(H,29,32). The van der Waals surface area contributed by atoms with E-state index in [1.165, 1.54) is 18.3 Å². The molecule has 1 unspecified atom stereocenters. The molecule has 0 spiro atoms. The lowest BCUT2D eigenvalue weighted by atomic mass is 9.80. The molecule has 1 aromatic carbocycles. The fourth-order valence-corrected chi connectivity index (χ4v) is 5.89. The number of hydrogen-bond acceptors (Lipinski definition) is 7. The average molecular weight is 533 g/mol. The largest absolute Gasteiger partial charge is 0.363 e. The highest BCUT2D eigenvalue weighted by molar-refractivity contribution is 7.90. The van der Waals surface area contributed by atoms with Crippen molar-refractivity contribution in [3.05, 3.63) is 53.3 Å². The van der Waals surface area contributed by atoms with Gasteiger partial charge >= 0.3 is 0 Å². The molecule has 1 saturated heterocycles. The van der Waals surface area contributed by atoms with Gasteiger partial charge in [0, 0.05) is 19.0 Å². The Morgan fingerprint density at radius 3 is 2.47 bits per heavy atom. The van der Waals surface area contributed by atoms with Gasteiger partial charge in [-0.15, -0.1) is 0 Å². The summed E-state index contributed by atoms with van der Waals surface area (Å²) in [4.78, 5) is 45.2. The summed E-state index contributed by atoms with van der Waals surface area (Å²) in [6.45, 7) is 0.381. The maximum absolute atomic E-state index is 13.5. The number of rotatable bonds is 6. The summed E-state index contributed by atoms with van der Waals surface area (Å²) in [5.41, 5.74) is -0.341. The average Bonchev–Trinajstić information content (AvgIpc) is 2.85. The van der Waals surface area contributed by atoms with Crippen molar-refractivity contribution < 1.29 is 22.8 Å². The molecular weight excluding hydrogens is 504 g/mol. The lowest BCUT2D eigenvalue weighted by molar-refractivity contribution is -0.133. The molecule has 4 rings (SSSR count).